The van der Waals surface area contributed by atoms with Crippen LogP contribution in [-0.4, -0.2) is 21.5 Å². The number of H-pyrrole nitrogens is 1. The van der Waals surface area contributed by atoms with Crippen molar-refractivity contribution in [3.05, 3.63) is 59.5 Å². The maximum absolute atomic E-state index is 4.63. The monoisotopic (exact) mass is 250 g/mol. The summed E-state index contributed by atoms with van der Waals surface area (Å²) in [6.45, 7) is 1.85. The maximum Gasteiger partial charge on any atom is 0.177 e. The highest BCUT2D eigenvalue weighted by molar-refractivity contribution is 5.70. The molecule has 1 aliphatic heterocycles. The standard InChI is InChI=1S/C15H14N4/c1-2-5-11-10(4-1)8-16-9-12(11)14-18-13-6-3-7-17-15(13)19-14/h1-7,12,16H,8-9H2,(H,17,18,19). The van der Waals surface area contributed by atoms with Gasteiger partial charge in [0.15, 0.2) is 5.65 Å². The number of pyridine rings is 1. The Kier molecular flexibility index (Phi) is 2.35. The Morgan fingerprint density at radius 3 is 3.00 bits per heavy atom. The number of rotatable bonds is 1. The Balaban J connectivity index is 1.85. The van der Waals surface area contributed by atoms with E-state index in [1.165, 1.54) is 11.1 Å². The Bertz CT molecular complexity index is 699. The number of fused-ring (bicyclic) bond motifs is 2. The number of aromatic nitrogens is 3. The first-order valence-corrected chi connectivity index (χ1v) is 6.51. The Morgan fingerprint density at radius 1 is 1.11 bits per heavy atom. The van der Waals surface area contributed by atoms with Gasteiger partial charge in [0.2, 0.25) is 0 Å². The van der Waals surface area contributed by atoms with Crippen molar-refractivity contribution in [3.8, 4) is 0 Å². The van der Waals surface area contributed by atoms with Crippen LogP contribution in [0.4, 0.5) is 0 Å². The summed E-state index contributed by atoms with van der Waals surface area (Å²) >= 11 is 0. The second-order valence-corrected chi connectivity index (χ2v) is 4.88. The molecular weight excluding hydrogens is 236 g/mol. The van der Waals surface area contributed by atoms with E-state index in [9.17, 15) is 0 Å². The third kappa shape index (κ3) is 1.72. The number of nitrogens with one attached hydrogen (secondary N) is 2. The molecule has 0 saturated heterocycles. The van der Waals surface area contributed by atoms with Crippen LogP contribution in [0.5, 0.6) is 0 Å². The average molecular weight is 250 g/mol. The minimum Gasteiger partial charge on any atom is -0.340 e. The van der Waals surface area contributed by atoms with Gasteiger partial charge in [0, 0.05) is 19.3 Å². The molecule has 4 rings (SSSR count). The van der Waals surface area contributed by atoms with Crippen LogP contribution in [0.1, 0.15) is 22.9 Å². The molecule has 0 saturated carbocycles. The highest BCUT2D eigenvalue weighted by Gasteiger charge is 2.23. The van der Waals surface area contributed by atoms with E-state index in [1.807, 2.05) is 12.1 Å². The van der Waals surface area contributed by atoms with Crippen LogP contribution in [0, 0.1) is 0 Å². The van der Waals surface area contributed by atoms with Gasteiger partial charge < -0.3 is 10.3 Å². The molecule has 0 fully saturated rings. The molecule has 0 aliphatic carbocycles. The lowest BCUT2D eigenvalue weighted by atomic mass is 9.90. The molecule has 1 unspecified atom stereocenters. The van der Waals surface area contributed by atoms with Crippen molar-refractivity contribution in [2.24, 2.45) is 0 Å². The Morgan fingerprint density at radius 2 is 2.05 bits per heavy atom. The normalized spacial score (nSPS) is 18.4. The van der Waals surface area contributed by atoms with Gasteiger partial charge in [-0.2, -0.15) is 0 Å². The van der Waals surface area contributed by atoms with E-state index in [0.29, 0.717) is 0 Å². The van der Waals surface area contributed by atoms with E-state index in [1.54, 1.807) is 6.20 Å². The molecule has 0 bridgehead atoms. The van der Waals surface area contributed by atoms with Crippen LogP contribution in [0.3, 0.4) is 0 Å². The molecule has 0 radical (unpaired) electrons. The first-order valence-electron chi connectivity index (χ1n) is 6.51. The lowest BCUT2D eigenvalue weighted by Gasteiger charge is -2.24. The van der Waals surface area contributed by atoms with Gasteiger partial charge in [-0.25, -0.2) is 9.97 Å². The van der Waals surface area contributed by atoms with Gasteiger partial charge in [0.25, 0.3) is 0 Å². The molecule has 4 heteroatoms. The van der Waals surface area contributed by atoms with E-state index >= 15 is 0 Å². The zero-order chi connectivity index (χ0) is 12.7. The first-order chi connectivity index (χ1) is 9.42. The number of hydrogen-bond acceptors (Lipinski definition) is 3. The van der Waals surface area contributed by atoms with Crippen molar-refractivity contribution in [1.29, 1.82) is 0 Å². The second-order valence-electron chi connectivity index (χ2n) is 4.88. The van der Waals surface area contributed by atoms with E-state index in [2.05, 4.69) is 44.5 Å². The molecular formula is C15H14N4. The highest BCUT2D eigenvalue weighted by atomic mass is 15.0. The van der Waals surface area contributed by atoms with E-state index < -0.39 is 0 Å². The molecule has 1 aliphatic rings. The van der Waals surface area contributed by atoms with Crippen LogP contribution in [0.2, 0.25) is 0 Å². The molecule has 4 nitrogen and oxygen atoms in total. The lowest BCUT2D eigenvalue weighted by Crippen LogP contribution is -2.29. The summed E-state index contributed by atoms with van der Waals surface area (Å²) in [4.78, 5) is 12.3. The summed E-state index contributed by atoms with van der Waals surface area (Å²) in [7, 11) is 0. The van der Waals surface area contributed by atoms with Gasteiger partial charge in [0.1, 0.15) is 5.82 Å². The van der Waals surface area contributed by atoms with Crippen LogP contribution in [0.25, 0.3) is 11.2 Å². The van der Waals surface area contributed by atoms with Gasteiger partial charge >= 0.3 is 0 Å². The summed E-state index contributed by atoms with van der Waals surface area (Å²) in [5.74, 6) is 1.27. The Labute approximate surface area is 110 Å². The molecule has 2 N–H and O–H groups in total. The third-order valence-electron chi connectivity index (χ3n) is 3.70. The highest BCUT2D eigenvalue weighted by Crippen LogP contribution is 2.29. The number of aromatic amines is 1. The first kappa shape index (κ1) is 10.7. The third-order valence-corrected chi connectivity index (χ3v) is 3.70. The van der Waals surface area contributed by atoms with Crippen LogP contribution >= 0.6 is 0 Å². The predicted octanol–water partition coefficient (Wildman–Crippen LogP) is 2.19. The molecule has 94 valence electrons. The smallest absolute Gasteiger partial charge is 0.177 e. The molecule has 3 aromatic rings. The van der Waals surface area contributed by atoms with Crippen molar-refractivity contribution >= 4 is 11.2 Å². The van der Waals surface area contributed by atoms with E-state index in [-0.39, 0.29) is 5.92 Å². The van der Waals surface area contributed by atoms with E-state index in [0.717, 1.165) is 30.1 Å². The quantitative estimate of drug-likeness (QED) is 0.696. The van der Waals surface area contributed by atoms with Gasteiger partial charge in [0.05, 0.1) is 11.4 Å². The predicted molar refractivity (Wildman–Crippen MR) is 73.9 cm³/mol. The summed E-state index contributed by atoms with van der Waals surface area (Å²) < 4.78 is 0. The largest absolute Gasteiger partial charge is 0.340 e. The van der Waals surface area contributed by atoms with Crippen molar-refractivity contribution in [2.45, 2.75) is 12.5 Å². The molecule has 1 atom stereocenters. The fourth-order valence-electron chi connectivity index (χ4n) is 2.77. The second kappa shape index (κ2) is 4.17. The van der Waals surface area contributed by atoms with Crippen molar-refractivity contribution < 1.29 is 0 Å². The summed E-state index contributed by atoms with van der Waals surface area (Å²) in [5.41, 5.74) is 4.51. The summed E-state index contributed by atoms with van der Waals surface area (Å²) in [6.07, 6.45) is 1.78. The average Bonchev–Trinajstić information content (AvgIpc) is 2.90. The minimum atomic E-state index is 0.277. The molecule has 1 aromatic carbocycles. The van der Waals surface area contributed by atoms with Crippen LogP contribution < -0.4 is 5.32 Å². The zero-order valence-electron chi connectivity index (χ0n) is 10.4. The van der Waals surface area contributed by atoms with Crippen molar-refractivity contribution in [1.82, 2.24) is 20.3 Å². The van der Waals surface area contributed by atoms with Gasteiger partial charge in [-0.15, -0.1) is 0 Å². The summed E-state index contributed by atoms with van der Waals surface area (Å²) in [5, 5.41) is 3.45. The maximum atomic E-state index is 4.63. The Hall–Kier alpha value is -2.20. The number of benzene rings is 1. The molecule has 2 aromatic heterocycles. The zero-order valence-corrected chi connectivity index (χ0v) is 10.4. The van der Waals surface area contributed by atoms with Gasteiger partial charge in [-0.3, -0.25) is 0 Å². The number of nitrogens with zero attached hydrogens (tertiary/aromatic N) is 2. The fourth-order valence-corrected chi connectivity index (χ4v) is 2.77. The molecule has 3 heterocycles. The van der Waals surface area contributed by atoms with Crippen LogP contribution in [0.15, 0.2) is 42.6 Å². The number of hydrogen-bond donors (Lipinski definition) is 2. The van der Waals surface area contributed by atoms with Crippen molar-refractivity contribution in [2.75, 3.05) is 6.54 Å². The lowest BCUT2D eigenvalue weighted by molar-refractivity contribution is 0.576. The summed E-state index contributed by atoms with van der Waals surface area (Å²) in [6, 6.07) is 12.5. The molecule has 0 spiro atoms. The fraction of sp³-hybridized carbons (Fsp3) is 0.200. The van der Waals surface area contributed by atoms with E-state index in [4.69, 9.17) is 0 Å². The van der Waals surface area contributed by atoms with Gasteiger partial charge in [-0.1, -0.05) is 24.3 Å². The topological polar surface area (TPSA) is 53.6 Å². The van der Waals surface area contributed by atoms with Gasteiger partial charge in [-0.05, 0) is 23.3 Å². The minimum absolute atomic E-state index is 0.277. The van der Waals surface area contributed by atoms with Crippen LogP contribution in [-0.2, 0) is 6.54 Å². The molecule has 19 heavy (non-hydrogen) atoms. The molecule has 0 amide bonds. The van der Waals surface area contributed by atoms with Crippen molar-refractivity contribution in [3.63, 3.8) is 0 Å². The number of imidazole rings is 1. The SMILES string of the molecule is c1ccc2c(c1)CNCC2c1nc2ncccc2[nH]1.